The quantitative estimate of drug-likeness (QED) is 0.474. The van der Waals surface area contributed by atoms with Crippen LogP contribution in [-0.4, -0.2) is 30.0 Å². The lowest BCUT2D eigenvalue weighted by Crippen LogP contribution is -2.22. The lowest BCUT2D eigenvalue weighted by atomic mass is 10.00. The highest BCUT2D eigenvalue weighted by Crippen LogP contribution is 2.43. The Hall–Kier alpha value is -2.35. The van der Waals surface area contributed by atoms with Crippen LogP contribution in [-0.2, 0) is 11.2 Å². The largest absolute Gasteiger partial charge is 0.496 e. The fourth-order valence-corrected chi connectivity index (χ4v) is 4.29. The third-order valence-electron chi connectivity index (χ3n) is 4.71. The summed E-state index contributed by atoms with van der Waals surface area (Å²) in [6.45, 7) is 2.03. The first kappa shape index (κ1) is 17.1. The number of ether oxygens (including phenoxy) is 1. The van der Waals surface area contributed by atoms with E-state index in [0.717, 1.165) is 42.6 Å². The van der Waals surface area contributed by atoms with Gasteiger partial charge in [-0.05, 0) is 52.8 Å². The molecule has 2 aromatic carbocycles. The number of fused-ring (bicyclic) bond motifs is 5. The third kappa shape index (κ3) is 2.51. The molecule has 0 unspecified atom stereocenters. The molecule has 0 bridgehead atoms. The monoisotopic (exact) mass is 460 g/mol. The van der Waals surface area contributed by atoms with E-state index in [9.17, 15) is 9.59 Å². The van der Waals surface area contributed by atoms with E-state index in [0.29, 0.717) is 13.0 Å². The number of carbonyl (C=O) groups is 2. The summed E-state index contributed by atoms with van der Waals surface area (Å²) in [4.78, 5) is 24.3. The first-order valence-corrected chi connectivity index (χ1v) is 9.40. The van der Waals surface area contributed by atoms with E-state index in [1.165, 1.54) is 6.92 Å². The van der Waals surface area contributed by atoms with Crippen molar-refractivity contribution in [1.29, 1.82) is 0 Å². The van der Waals surface area contributed by atoms with Crippen LogP contribution in [0.15, 0.2) is 36.4 Å². The summed E-state index contributed by atoms with van der Waals surface area (Å²) < 4.78 is 8.23. The highest BCUT2D eigenvalue weighted by atomic mass is 127. The maximum Gasteiger partial charge on any atom is 0.263 e. The maximum atomic E-state index is 13.0. The van der Waals surface area contributed by atoms with Crippen molar-refractivity contribution in [3.05, 3.63) is 51.1 Å². The van der Waals surface area contributed by atoms with Crippen LogP contribution in [0.25, 0.3) is 22.2 Å². The zero-order valence-electron chi connectivity index (χ0n) is 14.4. The van der Waals surface area contributed by atoms with E-state index in [1.807, 2.05) is 36.4 Å². The number of benzene rings is 2. The number of nitrogens with one attached hydrogen (secondary N) is 1. The van der Waals surface area contributed by atoms with Crippen LogP contribution < -0.4 is 10.1 Å². The summed E-state index contributed by atoms with van der Waals surface area (Å²) in [6.07, 6.45) is 0.643. The van der Waals surface area contributed by atoms with Gasteiger partial charge in [-0.3, -0.25) is 14.2 Å². The highest BCUT2D eigenvalue weighted by Gasteiger charge is 2.32. The van der Waals surface area contributed by atoms with Crippen LogP contribution in [0.2, 0.25) is 0 Å². The molecular formula is C20H17IN2O3. The second-order valence-corrected chi connectivity index (χ2v) is 7.41. The van der Waals surface area contributed by atoms with Gasteiger partial charge in [-0.1, -0.05) is 18.2 Å². The Labute approximate surface area is 164 Å². The minimum atomic E-state index is -0.0613. The zero-order valence-corrected chi connectivity index (χ0v) is 16.6. The van der Waals surface area contributed by atoms with Gasteiger partial charge in [-0.25, -0.2) is 0 Å². The molecule has 0 fully saturated rings. The normalized spacial score (nSPS) is 12.2. The highest BCUT2D eigenvalue weighted by molar-refractivity contribution is 14.1. The Balaban J connectivity index is 1.98. The molecule has 2 heterocycles. The molecular weight excluding hydrogens is 443 g/mol. The zero-order chi connectivity index (χ0) is 18.4. The SMILES string of the molecule is COc1cc2c(CCNC(C)=O)c3n(c2cc1I)C(=O)c1ccccc1-3. The van der Waals surface area contributed by atoms with Crippen LogP contribution in [0, 0.1) is 3.57 Å². The number of rotatable bonds is 4. The fraction of sp³-hybridized carbons (Fsp3) is 0.200. The summed E-state index contributed by atoms with van der Waals surface area (Å²) in [7, 11) is 1.64. The molecule has 4 rings (SSSR count). The van der Waals surface area contributed by atoms with E-state index in [2.05, 4.69) is 27.9 Å². The number of nitrogens with zero attached hydrogens (tertiary/aromatic N) is 1. The average molecular weight is 460 g/mol. The van der Waals surface area contributed by atoms with Crippen molar-refractivity contribution in [3.63, 3.8) is 0 Å². The molecule has 3 aromatic rings. The lowest BCUT2D eigenvalue weighted by Gasteiger charge is -2.07. The first-order valence-electron chi connectivity index (χ1n) is 8.32. The Bertz CT molecular complexity index is 1070. The predicted molar refractivity (Wildman–Crippen MR) is 109 cm³/mol. The topological polar surface area (TPSA) is 60.3 Å². The summed E-state index contributed by atoms with van der Waals surface area (Å²) in [6, 6.07) is 11.7. The summed E-state index contributed by atoms with van der Waals surface area (Å²) in [5, 5.41) is 3.84. The van der Waals surface area contributed by atoms with Gasteiger partial charge >= 0.3 is 0 Å². The van der Waals surface area contributed by atoms with Gasteiger partial charge in [0.15, 0.2) is 0 Å². The van der Waals surface area contributed by atoms with Crippen LogP contribution in [0.5, 0.6) is 5.75 Å². The van der Waals surface area contributed by atoms with Gasteiger partial charge in [0, 0.05) is 30.0 Å². The molecule has 0 saturated carbocycles. The van der Waals surface area contributed by atoms with Crippen molar-refractivity contribution in [2.45, 2.75) is 13.3 Å². The van der Waals surface area contributed by atoms with Crippen molar-refractivity contribution in [2.75, 3.05) is 13.7 Å². The molecule has 26 heavy (non-hydrogen) atoms. The van der Waals surface area contributed by atoms with Gasteiger partial charge in [0.1, 0.15) is 5.75 Å². The molecule has 132 valence electrons. The van der Waals surface area contributed by atoms with Crippen molar-refractivity contribution in [3.8, 4) is 17.0 Å². The summed E-state index contributed by atoms with van der Waals surface area (Å²) in [5.74, 6) is 0.713. The Morgan fingerprint density at radius 3 is 2.65 bits per heavy atom. The number of methoxy groups -OCH3 is 1. The van der Waals surface area contributed by atoms with Crippen LogP contribution in [0.3, 0.4) is 0 Å². The van der Waals surface area contributed by atoms with Crippen molar-refractivity contribution >= 4 is 45.3 Å². The number of halogens is 1. The molecule has 0 atom stereocenters. The van der Waals surface area contributed by atoms with Crippen molar-refractivity contribution in [2.24, 2.45) is 0 Å². The lowest BCUT2D eigenvalue weighted by molar-refractivity contribution is -0.118. The van der Waals surface area contributed by atoms with Gasteiger partial charge in [0.2, 0.25) is 5.91 Å². The summed E-state index contributed by atoms with van der Waals surface area (Å²) in [5.41, 5.74) is 4.53. The molecule has 0 aliphatic carbocycles. The van der Waals surface area contributed by atoms with E-state index in [4.69, 9.17) is 4.74 Å². The van der Waals surface area contributed by atoms with E-state index in [1.54, 1.807) is 11.7 Å². The minimum Gasteiger partial charge on any atom is -0.496 e. The van der Waals surface area contributed by atoms with Crippen LogP contribution >= 0.6 is 22.6 Å². The van der Waals surface area contributed by atoms with Gasteiger partial charge in [-0.2, -0.15) is 0 Å². The average Bonchev–Trinajstić information content (AvgIpc) is 3.08. The number of hydrogen-bond acceptors (Lipinski definition) is 3. The van der Waals surface area contributed by atoms with E-state index < -0.39 is 0 Å². The second-order valence-electron chi connectivity index (χ2n) is 6.25. The Morgan fingerprint density at radius 2 is 1.96 bits per heavy atom. The number of carbonyl (C=O) groups excluding carboxylic acids is 2. The van der Waals surface area contributed by atoms with Gasteiger partial charge < -0.3 is 10.1 Å². The molecule has 0 radical (unpaired) electrons. The van der Waals surface area contributed by atoms with Crippen LogP contribution in [0.1, 0.15) is 22.8 Å². The fourth-order valence-electron chi connectivity index (χ4n) is 3.62. The van der Waals surface area contributed by atoms with Gasteiger partial charge in [-0.15, -0.1) is 0 Å². The molecule has 1 aliphatic heterocycles. The molecule has 0 spiro atoms. The van der Waals surface area contributed by atoms with Crippen molar-refractivity contribution < 1.29 is 14.3 Å². The molecule has 0 saturated heterocycles. The smallest absolute Gasteiger partial charge is 0.263 e. The van der Waals surface area contributed by atoms with Gasteiger partial charge in [0.05, 0.1) is 21.9 Å². The molecule has 5 nitrogen and oxygen atoms in total. The van der Waals surface area contributed by atoms with E-state index in [-0.39, 0.29) is 11.8 Å². The molecule has 1 amide bonds. The molecule has 1 N–H and O–H groups in total. The third-order valence-corrected chi connectivity index (χ3v) is 5.55. The Kier molecular flexibility index (Phi) is 4.22. The second kappa shape index (κ2) is 6.42. The van der Waals surface area contributed by atoms with Crippen molar-refractivity contribution in [1.82, 2.24) is 9.88 Å². The Morgan fingerprint density at radius 1 is 1.23 bits per heavy atom. The standard InChI is InChI=1S/C20H17IN2O3/c1-11(24)22-8-7-13-15-9-18(26-2)16(21)10-17(15)23-19(13)12-5-3-4-6-14(12)20(23)25/h3-6,9-10H,7-8H2,1-2H3,(H,22,24). The molecule has 1 aliphatic rings. The van der Waals surface area contributed by atoms with Crippen LogP contribution in [0.4, 0.5) is 0 Å². The molecule has 6 heteroatoms. The van der Waals surface area contributed by atoms with Gasteiger partial charge in [0.25, 0.3) is 5.91 Å². The molecule has 1 aromatic heterocycles. The van der Waals surface area contributed by atoms with E-state index >= 15 is 0 Å². The maximum absolute atomic E-state index is 13.0. The predicted octanol–water partition coefficient (Wildman–Crippen LogP) is 3.60. The number of aromatic nitrogens is 1. The number of hydrogen-bond donors (Lipinski definition) is 1. The first-order chi connectivity index (χ1) is 12.5. The summed E-state index contributed by atoms with van der Waals surface area (Å²) >= 11 is 2.22. The number of amides is 1. The minimum absolute atomic E-state index is 0.00709.